The Morgan fingerprint density at radius 2 is 2.19 bits per heavy atom. The van der Waals surface area contributed by atoms with Crippen molar-refractivity contribution < 1.29 is 13.5 Å². The molecule has 0 bridgehead atoms. The van der Waals surface area contributed by atoms with Crippen LogP contribution in [-0.2, 0) is 10.0 Å². The van der Waals surface area contributed by atoms with Crippen LogP contribution in [0, 0.1) is 13.8 Å². The molecule has 0 spiro atoms. The molecule has 2 rings (SSSR count). The summed E-state index contributed by atoms with van der Waals surface area (Å²) in [6.07, 6.45) is -0.0582. The summed E-state index contributed by atoms with van der Waals surface area (Å²) < 4.78 is 25.8. The molecular formula is C9H15N3O3S. The fraction of sp³-hybridized carbons (Fsp3) is 0.667. The van der Waals surface area contributed by atoms with Crippen molar-refractivity contribution in [3.63, 3.8) is 0 Å². The molecule has 2 heterocycles. The first-order valence-electron chi connectivity index (χ1n) is 5.12. The predicted molar refractivity (Wildman–Crippen MR) is 57.4 cm³/mol. The van der Waals surface area contributed by atoms with Crippen molar-refractivity contribution in [2.24, 2.45) is 0 Å². The normalized spacial score (nSPS) is 22.8. The Morgan fingerprint density at radius 1 is 1.50 bits per heavy atom. The molecule has 6 nitrogen and oxygen atoms in total. The average molecular weight is 245 g/mol. The molecule has 90 valence electrons. The number of aromatic amines is 1. The topological polar surface area (TPSA) is 86.3 Å². The molecule has 0 amide bonds. The Labute approximate surface area is 94.3 Å². The van der Waals surface area contributed by atoms with Crippen LogP contribution in [0.3, 0.4) is 0 Å². The van der Waals surface area contributed by atoms with Gasteiger partial charge in [-0.05, 0) is 20.3 Å². The Kier molecular flexibility index (Phi) is 2.77. The summed E-state index contributed by atoms with van der Waals surface area (Å²) in [4.78, 5) is 0.238. The molecule has 1 atom stereocenters. The van der Waals surface area contributed by atoms with Crippen LogP contribution in [0.1, 0.15) is 17.8 Å². The minimum absolute atomic E-state index is 0.173. The van der Waals surface area contributed by atoms with Gasteiger partial charge in [-0.2, -0.15) is 9.40 Å². The van der Waals surface area contributed by atoms with Gasteiger partial charge in [0.25, 0.3) is 0 Å². The van der Waals surface area contributed by atoms with Crippen LogP contribution in [0.15, 0.2) is 4.90 Å². The number of H-pyrrole nitrogens is 1. The van der Waals surface area contributed by atoms with E-state index < -0.39 is 16.1 Å². The second kappa shape index (κ2) is 3.83. The number of aromatic nitrogens is 2. The monoisotopic (exact) mass is 245 g/mol. The molecule has 2 N–H and O–H groups in total. The lowest BCUT2D eigenvalue weighted by atomic mass is 10.3. The highest BCUT2D eigenvalue weighted by Gasteiger charge is 2.34. The molecular weight excluding hydrogens is 230 g/mol. The summed E-state index contributed by atoms with van der Waals surface area (Å²) in [6, 6.07) is 0. The van der Waals surface area contributed by atoms with Crippen LogP contribution in [0.5, 0.6) is 0 Å². The van der Waals surface area contributed by atoms with Crippen molar-refractivity contribution in [1.82, 2.24) is 14.5 Å². The second-order valence-electron chi connectivity index (χ2n) is 4.07. The van der Waals surface area contributed by atoms with Crippen molar-refractivity contribution in [2.45, 2.75) is 31.3 Å². The summed E-state index contributed by atoms with van der Waals surface area (Å²) >= 11 is 0. The smallest absolute Gasteiger partial charge is 0.246 e. The molecule has 1 aliphatic heterocycles. The first-order chi connectivity index (χ1) is 7.43. The van der Waals surface area contributed by atoms with Crippen LogP contribution < -0.4 is 0 Å². The van der Waals surface area contributed by atoms with E-state index in [-0.39, 0.29) is 11.4 Å². The maximum Gasteiger partial charge on any atom is 0.246 e. The third-order valence-corrected chi connectivity index (χ3v) is 4.91. The largest absolute Gasteiger partial charge is 0.392 e. The van der Waals surface area contributed by atoms with Crippen molar-refractivity contribution in [1.29, 1.82) is 0 Å². The Bertz CT molecular complexity index is 475. The minimum Gasteiger partial charge on any atom is -0.392 e. The number of aryl methyl sites for hydroxylation is 2. The van der Waals surface area contributed by atoms with Gasteiger partial charge in [0.1, 0.15) is 4.90 Å². The van der Waals surface area contributed by atoms with Gasteiger partial charge in [0, 0.05) is 13.1 Å². The van der Waals surface area contributed by atoms with Crippen molar-refractivity contribution >= 4 is 10.0 Å². The van der Waals surface area contributed by atoms with Gasteiger partial charge in [0.15, 0.2) is 0 Å². The number of nitrogens with one attached hydrogen (secondary N) is 1. The molecule has 0 unspecified atom stereocenters. The third kappa shape index (κ3) is 1.74. The highest BCUT2D eigenvalue weighted by atomic mass is 32.2. The van der Waals surface area contributed by atoms with Crippen LogP contribution in [0.4, 0.5) is 0 Å². The summed E-state index contributed by atoms with van der Waals surface area (Å²) in [6.45, 7) is 3.88. The Morgan fingerprint density at radius 3 is 2.62 bits per heavy atom. The molecule has 1 aromatic heterocycles. The van der Waals surface area contributed by atoms with Gasteiger partial charge in [-0.3, -0.25) is 5.10 Å². The highest BCUT2D eigenvalue weighted by Crippen LogP contribution is 2.24. The summed E-state index contributed by atoms with van der Waals surface area (Å²) in [5, 5.41) is 15.9. The predicted octanol–water partition coefficient (Wildman–Crippen LogP) is -0.218. The molecule has 1 fully saturated rings. The number of aliphatic hydroxyl groups excluding tert-OH is 1. The molecule has 0 saturated carbocycles. The van der Waals surface area contributed by atoms with Gasteiger partial charge < -0.3 is 5.11 Å². The number of β-amino-alcohol motifs (C(OH)–C–C–N with tert-alkyl or cyclic N) is 1. The average Bonchev–Trinajstić information content (AvgIpc) is 2.74. The van der Waals surface area contributed by atoms with Gasteiger partial charge >= 0.3 is 0 Å². The first kappa shape index (κ1) is 11.6. The van der Waals surface area contributed by atoms with Gasteiger partial charge in [-0.1, -0.05) is 0 Å². The maximum atomic E-state index is 12.2. The van der Waals surface area contributed by atoms with E-state index in [0.717, 1.165) is 0 Å². The number of rotatable bonds is 2. The zero-order valence-electron chi connectivity index (χ0n) is 9.27. The van der Waals surface area contributed by atoms with Crippen molar-refractivity contribution in [3.05, 3.63) is 11.4 Å². The van der Waals surface area contributed by atoms with Gasteiger partial charge in [0.2, 0.25) is 10.0 Å². The second-order valence-corrected chi connectivity index (χ2v) is 5.94. The maximum absolute atomic E-state index is 12.2. The molecule has 1 aliphatic rings. The number of aliphatic hydroxyl groups is 1. The number of sulfonamides is 1. The Hall–Kier alpha value is -0.920. The molecule has 0 aliphatic carbocycles. The number of hydrogen-bond donors (Lipinski definition) is 2. The zero-order chi connectivity index (χ0) is 11.9. The fourth-order valence-corrected chi connectivity index (χ4v) is 3.80. The van der Waals surface area contributed by atoms with Gasteiger partial charge in [-0.15, -0.1) is 0 Å². The zero-order valence-corrected chi connectivity index (χ0v) is 10.1. The van der Waals surface area contributed by atoms with E-state index in [9.17, 15) is 13.5 Å². The number of hydrogen-bond acceptors (Lipinski definition) is 4. The molecule has 0 radical (unpaired) electrons. The lowest BCUT2D eigenvalue weighted by Gasteiger charge is -2.15. The lowest BCUT2D eigenvalue weighted by Crippen LogP contribution is -2.30. The van der Waals surface area contributed by atoms with Crippen LogP contribution in [0.25, 0.3) is 0 Å². The van der Waals surface area contributed by atoms with Crippen molar-refractivity contribution in [2.75, 3.05) is 13.1 Å². The van der Waals surface area contributed by atoms with E-state index in [1.807, 2.05) is 0 Å². The SMILES string of the molecule is Cc1n[nH]c(C)c1S(=O)(=O)N1CC[C@@H](O)C1. The van der Waals surface area contributed by atoms with Gasteiger partial charge in [0.05, 0.1) is 17.5 Å². The quantitative estimate of drug-likeness (QED) is 0.754. The van der Waals surface area contributed by atoms with E-state index in [1.54, 1.807) is 13.8 Å². The first-order valence-corrected chi connectivity index (χ1v) is 6.56. The van der Waals surface area contributed by atoms with Crippen LogP contribution >= 0.6 is 0 Å². The van der Waals surface area contributed by atoms with E-state index in [4.69, 9.17) is 0 Å². The van der Waals surface area contributed by atoms with Crippen LogP contribution in [0.2, 0.25) is 0 Å². The summed E-state index contributed by atoms with van der Waals surface area (Å²) in [7, 11) is -3.51. The molecule has 7 heteroatoms. The molecule has 1 aromatic rings. The number of nitrogens with zero attached hydrogens (tertiary/aromatic N) is 2. The summed E-state index contributed by atoms with van der Waals surface area (Å²) in [5.74, 6) is 0. The van der Waals surface area contributed by atoms with Crippen LogP contribution in [-0.4, -0.2) is 47.2 Å². The highest BCUT2D eigenvalue weighted by molar-refractivity contribution is 7.89. The van der Waals surface area contributed by atoms with E-state index in [0.29, 0.717) is 24.4 Å². The molecule has 16 heavy (non-hydrogen) atoms. The Balaban J connectivity index is 2.40. The van der Waals surface area contributed by atoms with Crippen molar-refractivity contribution in [3.8, 4) is 0 Å². The summed E-state index contributed by atoms with van der Waals surface area (Å²) in [5.41, 5.74) is 1.01. The van der Waals surface area contributed by atoms with E-state index in [1.165, 1.54) is 4.31 Å². The van der Waals surface area contributed by atoms with E-state index in [2.05, 4.69) is 10.2 Å². The molecule has 0 aromatic carbocycles. The third-order valence-electron chi connectivity index (χ3n) is 2.78. The molecule has 1 saturated heterocycles. The minimum atomic E-state index is -3.51. The fourth-order valence-electron chi connectivity index (χ4n) is 1.98. The van der Waals surface area contributed by atoms with E-state index >= 15 is 0 Å². The lowest BCUT2D eigenvalue weighted by molar-refractivity contribution is 0.189. The van der Waals surface area contributed by atoms with Gasteiger partial charge in [-0.25, -0.2) is 8.42 Å². The standard InChI is InChI=1S/C9H15N3O3S/c1-6-9(7(2)11-10-6)16(14,15)12-4-3-8(13)5-12/h8,13H,3-5H2,1-2H3,(H,10,11)/t8-/m1/s1.